The average molecular weight is 231 g/mol. The van der Waals surface area contributed by atoms with Gasteiger partial charge in [-0.1, -0.05) is 0 Å². The van der Waals surface area contributed by atoms with Crippen LogP contribution < -0.4 is 11.2 Å². The van der Waals surface area contributed by atoms with E-state index in [1.165, 1.54) is 6.21 Å². The Hall–Kier alpha value is -2.08. The number of hydrazone groups is 1. The summed E-state index contributed by atoms with van der Waals surface area (Å²) in [6.45, 7) is 0. The van der Waals surface area contributed by atoms with E-state index in [2.05, 4.69) is 32.7 Å². The molecule has 0 fully saturated rings. The molecule has 0 aliphatic rings. The van der Waals surface area contributed by atoms with Gasteiger partial charge in [0.25, 0.3) is 0 Å². The molecule has 0 radical (unpaired) electrons. The lowest BCUT2D eigenvalue weighted by atomic mass is 10.2. The molecule has 0 spiro atoms. The summed E-state index contributed by atoms with van der Waals surface area (Å²) >= 11 is 4.61. The molecule has 80 valence electrons. The molecule has 0 saturated carbocycles. The zero-order valence-electron chi connectivity index (χ0n) is 8.29. The fraction of sp³-hybridized carbons (Fsp3) is 0. The molecule has 0 aliphatic carbocycles. The predicted molar refractivity (Wildman–Crippen MR) is 67.1 cm³/mol. The van der Waals surface area contributed by atoms with E-state index in [1.54, 1.807) is 6.20 Å². The lowest BCUT2D eigenvalue weighted by Crippen LogP contribution is -2.24. The third-order valence-electron chi connectivity index (χ3n) is 1.86. The summed E-state index contributed by atoms with van der Waals surface area (Å²) in [5, 5.41) is 4.92. The van der Waals surface area contributed by atoms with Crippen LogP contribution >= 0.6 is 12.2 Å². The number of rotatable bonds is 2. The van der Waals surface area contributed by atoms with Gasteiger partial charge in [-0.3, -0.25) is 5.43 Å². The first kappa shape index (κ1) is 10.4. The van der Waals surface area contributed by atoms with E-state index < -0.39 is 0 Å². The van der Waals surface area contributed by atoms with Crippen molar-refractivity contribution in [1.29, 1.82) is 0 Å². The minimum absolute atomic E-state index is 0.121. The maximum Gasteiger partial charge on any atom is 0.184 e. The highest BCUT2D eigenvalue weighted by atomic mass is 32.1. The quantitative estimate of drug-likeness (QED) is 0.454. The normalized spacial score (nSPS) is 10.8. The number of nitrogens with two attached hydrogens (primary N) is 1. The molecule has 5 nitrogen and oxygen atoms in total. The Morgan fingerprint density at radius 1 is 1.44 bits per heavy atom. The van der Waals surface area contributed by atoms with Crippen LogP contribution in [0.5, 0.6) is 0 Å². The molecule has 0 bridgehead atoms. The van der Waals surface area contributed by atoms with Crippen LogP contribution in [-0.2, 0) is 0 Å². The second kappa shape index (κ2) is 4.63. The van der Waals surface area contributed by atoms with Gasteiger partial charge in [0.15, 0.2) is 10.8 Å². The van der Waals surface area contributed by atoms with Crippen LogP contribution in [0.4, 0.5) is 0 Å². The van der Waals surface area contributed by atoms with Crippen LogP contribution in [0.15, 0.2) is 35.6 Å². The van der Waals surface area contributed by atoms with Crippen molar-refractivity contribution in [3.8, 4) is 0 Å². The first-order valence-electron chi connectivity index (χ1n) is 4.56. The minimum atomic E-state index is 0.121. The summed E-state index contributed by atoms with van der Waals surface area (Å²) in [7, 11) is 0. The van der Waals surface area contributed by atoms with Gasteiger partial charge in [-0.2, -0.15) is 5.10 Å². The zero-order chi connectivity index (χ0) is 11.4. The van der Waals surface area contributed by atoms with E-state index in [4.69, 9.17) is 5.73 Å². The number of aromatic nitrogens is 2. The maximum atomic E-state index is 5.22. The SMILES string of the molecule is NC(=S)N/N=C/c1ccc2cccnc2n1. The minimum Gasteiger partial charge on any atom is -0.375 e. The highest BCUT2D eigenvalue weighted by Gasteiger charge is 1.95. The summed E-state index contributed by atoms with van der Waals surface area (Å²) in [5.74, 6) is 0. The van der Waals surface area contributed by atoms with E-state index in [-0.39, 0.29) is 5.11 Å². The van der Waals surface area contributed by atoms with Gasteiger partial charge in [-0.05, 0) is 36.5 Å². The monoisotopic (exact) mass is 231 g/mol. The molecule has 16 heavy (non-hydrogen) atoms. The number of fused-ring (bicyclic) bond motifs is 1. The Bertz CT molecular complexity index is 552. The van der Waals surface area contributed by atoms with Gasteiger partial charge in [-0.15, -0.1) is 0 Å². The highest BCUT2D eigenvalue weighted by molar-refractivity contribution is 7.80. The van der Waals surface area contributed by atoms with Crippen LogP contribution in [0.2, 0.25) is 0 Å². The molecular weight excluding hydrogens is 222 g/mol. The highest BCUT2D eigenvalue weighted by Crippen LogP contribution is 2.07. The Morgan fingerprint density at radius 2 is 2.31 bits per heavy atom. The number of nitrogens with zero attached hydrogens (tertiary/aromatic N) is 3. The molecule has 0 aromatic carbocycles. The van der Waals surface area contributed by atoms with Gasteiger partial charge in [0.1, 0.15) is 0 Å². The second-order valence-corrected chi connectivity index (χ2v) is 3.46. The number of nitrogens with one attached hydrogen (secondary N) is 1. The first-order chi connectivity index (χ1) is 7.75. The van der Waals surface area contributed by atoms with E-state index in [9.17, 15) is 0 Å². The number of hydrogen-bond donors (Lipinski definition) is 2. The third kappa shape index (κ3) is 2.48. The molecule has 2 heterocycles. The largest absolute Gasteiger partial charge is 0.375 e. The molecule has 0 atom stereocenters. The van der Waals surface area contributed by atoms with Crippen LogP contribution in [0.25, 0.3) is 11.0 Å². The van der Waals surface area contributed by atoms with Crippen molar-refractivity contribution in [1.82, 2.24) is 15.4 Å². The number of thiocarbonyl (C=S) groups is 1. The first-order valence-corrected chi connectivity index (χ1v) is 4.97. The van der Waals surface area contributed by atoms with Gasteiger partial charge < -0.3 is 5.73 Å². The maximum absolute atomic E-state index is 5.22. The number of pyridine rings is 2. The van der Waals surface area contributed by atoms with Gasteiger partial charge in [0, 0.05) is 11.6 Å². The summed E-state index contributed by atoms with van der Waals surface area (Å²) in [4.78, 5) is 8.43. The van der Waals surface area contributed by atoms with Crippen molar-refractivity contribution < 1.29 is 0 Å². The molecule has 6 heteroatoms. The van der Waals surface area contributed by atoms with Crippen LogP contribution in [0, 0.1) is 0 Å². The van der Waals surface area contributed by atoms with Crippen molar-refractivity contribution in [2.75, 3.05) is 0 Å². The molecule has 2 aromatic rings. The Balaban J connectivity index is 2.26. The van der Waals surface area contributed by atoms with Gasteiger partial charge in [0.2, 0.25) is 0 Å². The molecule has 3 N–H and O–H groups in total. The Labute approximate surface area is 97.4 Å². The van der Waals surface area contributed by atoms with E-state index in [0.717, 1.165) is 5.39 Å². The van der Waals surface area contributed by atoms with Crippen molar-refractivity contribution in [2.24, 2.45) is 10.8 Å². The van der Waals surface area contributed by atoms with Gasteiger partial charge in [0.05, 0.1) is 11.9 Å². The fourth-order valence-electron chi connectivity index (χ4n) is 1.20. The van der Waals surface area contributed by atoms with Crippen LogP contribution in [-0.4, -0.2) is 21.3 Å². The van der Waals surface area contributed by atoms with E-state index >= 15 is 0 Å². The van der Waals surface area contributed by atoms with Crippen molar-refractivity contribution >= 4 is 34.6 Å². The van der Waals surface area contributed by atoms with Crippen LogP contribution in [0.1, 0.15) is 5.69 Å². The van der Waals surface area contributed by atoms with Crippen LogP contribution in [0.3, 0.4) is 0 Å². The fourth-order valence-corrected chi connectivity index (χ4v) is 1.25. The predicted octanol–water partition coefficient (Wildman–Crippen LogP) is 0.797. The molecule has 0 aliphatic heterocycles. The molecule has 2 rings (SSSR count). The van der Waals surface area contributed by atoms with Crippen molar-refractivity contribution in [3.63, 3.8) is 0 Å². The van der Waals surface area contributed by atoms with E-state index in [0.29, 0.717) is 11.3 Å². The average Bonchev–Trinajstić information content (AvgIpc) is 2.28. The summed E-state index contributed by atoms with van der Waals surface area (Å²) in [5.41, 5.74) is 9.05. The molecule has 0 unspecified atom stereocenters. The topological polar surface area (TPSA) is 76.2 Å². The second-order valence-electron chi connectivity index (χ2n) is 3.02. The van der Waals surface area contributed by atoms with Crippen molar-refractivity contribution in [3.05, 3.63) is 36.2 Å². The number of hydrogen-bond acceptors (Lipinski definition) is 4. The Kier molecular flexibility index (Phi) is 3.02. The standard InChI is InChI=1S/C10H9N5S/c11-10(16)15-13-6-8-4-3-7-2-1-5-12-9(7)14-8/h1-6H,(H3,11,15,16)/b13-6+. The lowest BCUT2D eigenvalue weighted by Gasteiger charge is -1.97. The molecular formula is C10H9N5S. The molecule has 2 aromatic heterocycles. The summed E-state index contributed by atoms with van der Waals surface area (Å²) in [6.07, 6.45) is 3.23. The third-order valence-corrected chi connectivity index (χ3v) is 1.95. The zero-order valence-corrected chi connectivity index (χ0v) is 9.11. The summed E-state index contributed by atoms with van der Waals surface area (Å²) in [6, 6.07) is 7.59. The Morgan fingerprint density at radius 3 is 3.12 bits per heavy atom. The summed E-state index contributed by atoms with van der Waals surface area (Å²) < 4.78 is 0. The van der Waals surface area contributed by atoms with Gasteiger partial charge in [-0.25, -0.2) is 9.97 Å². The molecule has 0 amide bonds. The van der Waals surface area contributed by atoms with E-state index in [1.807, 2.05) is 24.3 Å². The smallest absolute Gasteiger partial charge is 0.184 e. The molecule has 0 saturated heterocycles. The van der Waals surface area contributed by atoms with Gasteiger partial charge >= 0.3 is 0 Å². The van der Waals surface area contributed by atoms with Crippen molar-refractivity contribution in [2.45, 2.75) is 0 Å². The lowest BCUT2D eigenvalue weighted by molar-refractivity contribution is 1.04.